The zero-order valence-corrected chi connectivity index (χ0v) is 14.4. The molecule has 1 unspecified atom stereocenters. The topological polar surface area (TPSA) is 68.7 Å². The summed E-state index contributed by atoms with van der Waals surface area (Å²) >= 11 is 0. The van der Waals surface area contributed by atoms with Gasteiger partial charge in [0.25, 0.3) is 11.8 Å². The van der Waals surface area contributed by atoms with Crippen molar-refractivity contribution in [2.75, 3.05) is 7.11 Å². The number of halogens is 3. The number of fused-ring (bicyclic) bond motifs is 1. The average Bonchev–Trinajstić information content (AvgIpc) is 2.89. The van der Waals surface area contributed by atoms with Crippen LogP contribution in [0.5, 0.6) is 5.88 Å². The van der Waals surface area contributed by atoms with Gasteiger partial charge >= 0.3 is 6.18 Å². The smallest absolute Gasteiger partial charge is 0.421 e. The number of pyridine rings is 1. The number of carbonyl (C=O) groups excluding carboxylic acids is 2. The normalized spacial score (nSPS) is 15.1. The highest BCUT2D eigenvalue weighted by Gasteiger charge is 2.39. The Morgan fingerprint density at radius 3 is 2.22 bits per heavy atom. The van der Waals surface area contributed by atoms with Crippen LogP contribution in [0.3, 0.4) is 0 Å². The second-order valence-electron chi connectivity index (χ2n) is 5.78. The molecule has 0 fully saturated rings. The van der Waals surface area contributed by atoms with E-state index in [-0.39, 0.29) is 23.1 Å². The molecule has 3 rings (SSSR count). The Balaban J connectivity index is 1.91. The van der Waals surface area contributed by atoms with E-state index in [1.54, 1.807) is 19.1 Å². The van der Waals surface area contributed by atoms with E-state index in [0.717, 1.165) is 13.2 Å². The largest absolute Gasteiger partial charge is 0.481 e. The Morgan fingerprint density at radius 1 is 1.15 bits per heavy atom. The molecule has 2 aromatic rings. The number of rotatable bonds is 5. The minimum Gasteiger partial charge on any atom is -0.481 e. The van der Waals surface area contributed by atoms with Gasteiger partial charge < -0.3 is 4.74 Å². The van der Waals surface area contributed by atoms with E-state index < -0.39 is 35.5 Å². The van der Waals surface area contributed by atoms with Gasteiger partial charge in [-0.2, -0.15) is 13.2 Å². The van der Waals surface area contributed by atoms with Crippen LogP contribution < -0.4 is 4.74 Å². The minimum absolute atomic E-state index is 0.0715. The standard InChI is InChI=1S/C18H15F3N2O4/c1-3-14(10-8-13(18(19,20)21)15(26-2)22-9-10)27-23-16(24)11-6-4-5-7-12(11)17(23)25/h4-9,14H,3H2,1-2H3. The minimum atomic E-state index is -4.68. The van der Waals surface area contributed by atoms with Gasteiger partial charge in [0.05, 0.1) is 18.2 Å². The molecule has 0 spiro atoms. The maximum absolute atomic E-state index is 13.2. The van der Waals surface area contributed by atoms with Crippen LogP contribution in [0.1, 0.15) is 51.3 Å². The summed E-state index contributed by atoms with van der Waals surface area (Å²) in [7, 11) is 1.09. The van der Waals surface area contributed by atoms with Crippen molar-refractivity contribution in [2.24, 2.45) is 0 Å². The number of nitrogens with zero attached hydrogens (tertiary/aromatic N) is 2. The first kappa shape index (κ1) is 18.8. The number of amides is 2. The molecular weight excluding hydrogens is 365 g/mol. The molecule has 0 bridgehead atoms. The van der Waals surface area contributed by atoms with Crippen molar-refractivity contribution in [3.63, 3.8) is 0 Å². The lowest BCUT2D eigenvalue weighted by Crippen LogP contribution is -2.31. The first-order valence-corrected chi connectivity index (χ1v) is 8.03. The summed E-state index contributed by atoms with van der Waals surface area (Å²) in [6.07, 6.45) is -4.28. The zero-order valence-electron chi connectivity index (χ0n) is 14.4. The van der Waals surface area contributed by atoms with E-state index >= 15 is 0 Å². The number of benzene rings is 1. The van der Waals surface area contributed by atoms with Gasteiger partial charge in [0.15, 0.2) is 0 Å². The summed E-state index contributed by atoms with van der Waals surface area (Å²) in [5.74, 6) is -1.89. The number of methoxy groups -OCH3 is 1. The van der Waals surface area contributed by atoms with Gasteiger partial charge in [0.2, 0.25) is 5.88 Å². The third-order valence-electron chi connectivity index (χ3n) is 4.10. The van der Waals surface area contributed by atoms with Gasteiger partial charge in [-0.25, -0.2) is 4.98 Å². The number of hydroxylamine groups is 2. The molecule has 142 valence electrons. The Labute approximate surface area is 152 Å². The van der Waals surface area contributed by atoms with Crippen molar-refractivity contribution in [3.05, 3.63) is 58.8 Å². The van der Waals surface area contributed by atoms with Crippen LogP contribution in [-0.2, 0) is 11.0 Å². The summed E-state index contributed by atoms with van der Waals surface area (Å²) in [5, 5.41) is 0.580. The van der Waals surface area contributed by atoms with Gasteiger partial charge in [-0.15, -0.1) is 5.06 Å². The Hall–Kier alpha value is -2.94. The van der Waals surface area contributed by atoms with Gasteiger partial charge in [-0.1, -0.05) is 19.1 Å². The summed E-state index contributed by atoms with van der Waals surface area (Å²) in [6, 6.07) is 7.02. The molecule has 6 nitrogen and oxygen atoms in total. The molecule has 1 aliphatic heterocycles. The van der Waals surface area contributed by atoms with Crippen LogP contribution in [0, 0.1) is 0 Å². The molecular formula is C18H15F3N2O4. The van der Waals surface area contributed by atoms with Crippen molar-refractivity contribution in [2.45, 2.75) is 25.6 Å². The average molecular weight is 380 g/mol. The van der Waals surface area contributed by atoms with Crippen LogP contribution in [0.15, 0.2) is 36.5 Å². The maximum Gasteiger partial charge on any atom is 0.421 e. The summed E-state index contributed by atoms with van der Waals surface area (Å²) in [4.78, 5) is 33.9. The van der Waals surface area contributed by atoms with E-state index in [9.17, 15) is 22.8 Å². The van der Waals surface area contributed by atoms with Crippen LogP contribution in [0.25, 0.3) is 0 Å². The molecule has 9 heteroatoms. The SMILES string of the molecule is CCC(ON1C(=O)c2ccccc2C1=O)c1cnc(OC)c(C(F)(F)F)c1. The van der Waals surface area contributed by atoms with Crippen molar-refractivity contribution >= 4 is 11.8 Å². The fraction of sp³-hybridized carbons (Fsp3) is 0.278. The van der Waals surface area contributed by atoms with Gasteiger partial charge in [-0.3, -0.25) is 14.4 Å². The predicted molar refractivity (Wildman–Crippen MR) is 86.9 cm³/mol. The summed E-state index contributed by atoms with van der Waals surface area (Å²) < 4.78 is 44.3. The second-order valence-corrected chi connectivity index (χ2v) is 5.78. The van der Waals surface area contributed by atoms with Crippen molar-refractivity contribution in [1.29, 1.82) is 0 Å². The van der Waals surface area contributed by atoms with Crippen LogP contribution in [0.2, 0.25) is 0 Å². The van der Waals surface area contributed by atoms with Crippen molar-refractivity contribution in [3.8, 4) is 5.88 Å². The Morgan fingerprint density at radius 2 is 1.74 bits per heavy atom. The van der Waals surface area contributed by atoms with Gasteiger partial charge in [0, 0.05) is 11.8 Å². The number of ether oxygens (including phenoxy) is 1. The number of aromatic nitrogens is 1. The molecule has 2 amide bonds. The maximum atomic E-state index is 13.2. The number of alkyl halides is 3. The Bertz CT molecular complexity index is 863. The van der Waals surface area contributed by atoms with Crippen LogP contribution in [-0.4, -0.2) is 29.0 Å². The fourth-order valence-electron chi connectivity index (χ4n) is 2.77. The van der Waals surface area contributed by atoms with Crippen LogP contribution >= 0.6 is 0 Å². The van der Waals surface area contributed by atoms with E-state index in [1.807, 2.05) is 0 Å². The monoisotopic (exact) mass is 380 g/mol. The number of hydrogen-bond donors (Lipinski definition) is 0. The third-order valence-corrected chi connectivity index (χ3v) is 4.10. The highest BCUT2D eigenvalue weighted by Crippen LogP contribution is 2.37. The lowest BCUT2D eigenvalue weighted by molar-refractivity contribution is -0.141. The van der Waals surface area contributed by atoms with E-state index in [4.69, 9.17) is 4.84 Å². The highest BCUT2D eigenvalue weighted by molar-refractivity contribution is 6.20. The molecule has 0 saturated heterocycles. The van der Waals surface area contributed by atoms with Crippen LogP contribution in [0.4, 0.5) is 13.2 Å². The molecule has 0 N–H and O–H groups in total. The van der Waals surface area contributed by atoms with Gasteiger partial charge in [-0.05, 0) is 24.6 Å². The van der Waals surface area contributed by atoms with Crippen molar-refractivity contribution < 1.29 is 32.3 Å². The molecule has 0 radical (unpaired) electrons. The van der Waals surface area contributed by atoms with E-state index in [2.05, 4.69) is 9.72 Å². The number of carbonyl (C=O) groups is 2. The number of hydrogen-bond acceptors (Lipinski definition) is 5. The third kappa shape index (κ3) is 3.37. The first-order chi connectivity index (χ1) is 12.8. The Kier molecular flexibility index (Phi) is 4.88. The molecule has 0 aliphatic carbocycles. The van der Waals surface area contributed by atoms with Crippen molar-refractivity contribution in [1.82, 2.24) is 10.0 Å². The fourth-order valence-corrected chi connectivity index (χ4v) is 2.77. The molecule has 1 atom stereocenters. The second kappa shape index (κ2) is 6.99. The first-order valence-electron chi connectivity index (χ1n) is 8.03. The lowest BCUT2D eigenvalue weighted by Gasteiger charge is -2.22. The quantitative estimate of drug-likeness (QED) is 0.739. The van der Waals surface area contributed by atoms with Gasteiger partial charge in [0.1, 0.15) is 11.7 Å². The summed E-state index contributed by atoms with van der Waals surface area (Å²) in [6.45, 7) is 1.65. The number of imide groups is 1. The molecule has 0 saturated carbocycles. The van der Waals surface area contributed by atoms with E-state index in [1.165, 1.54) is 18.3 Å². The molecule has 1 aromatic heterocycles. The summed E-state index contributed by atoms with van der Waals surface area (Å²) in [5.41, 5.74) is -0.628. The highest BCUT2D eigenvalue weighted by atomic mass is 19.4. The molecule has 1 aromatic carbocycles. The predicted octanol–water partition coefficient (Wildman–Crippen LogP) is 3.79. The zero-order chi connectivity index (χ0) is 19.8. The molecule has 2 heterocycles. The lowest BCUT2D eigenvalue weighted by atomic mass is 10.1. The molecule has 27 heavy (non-hydrogen) atoms. The molecule has 1 aliphatic rings. The van der Waals surface area contributed by atoms with E-state index in [0.29, 0.717) is 5.06 Å².